The van der Waals surface area contributed by atoms with Gasteiger partial charge >= 0.3 is 0 Å². The maximum atomic E-state index is 9.49. The monoisotopic (exact) mass is 270 g/mol. The van der Waals surface area contributed by atoms with Crippen LogP contribution in [0.4, 0.5) is 0 Å². The van der Waals surface area contributed by atoms with Crippen molar-refractivity contribution >= 4 is 11.6 Å². The van der Waals surface area contributed by atoms with Crippen molar-refractivity contribution in [2.24, 2.45) is 5.73 Å². The summed E-state index contributed by atoms with van der Waals surface area (Å²) >= 11 is 6.04. The van der Waals surface area contributed by atoms with Gasteiger partial charge in [0.05, 0.1) is 6.61 Å². The van der Waals surface area contributed by atoms with Crippen LogP contribution in [0.1, 0.15) is 32.4 Å². The summed E-state index contributed by atoms with van der Waals surface area (Å²) in [7, 11) is 1.98. The molecule has 3 N–H and O–H groups in total. The molecule has 0 saturated heterocycles. The van der Waals surface area contributed by atoms with Crippen molar-refractivity contribution in [3.63, 3.8) is 0 Å². The Morgan fingerprint density at radius 1 is 1.44 bits per heavy atom. The molecule has 102 valence electrons. The molecule has 0 aromatic heterocycles. The Labute approximate surface area is 115 Å². The number of hydrogen-bond acceptors (Lipinski definition) is 3. The van der Waals surface area contributed by atoms with E-state index in [1.807, 2.05) is 52.1 Å². The Bertz CT molecular complexity index is 393. The summed E-state index contributed by atoms with van der Waals surface area (Å²) in [6.07, 6.45) is 0. The minimum absolute atomic E-state index is 0.0193. The van der Waals surface area contributed by atoms with Crippen LogP contribution in [-0.2, 0) is 0 Å². The zero-order chi connectivity index (χ0) is 13.9. The van der Waals surface area contributed by atoms with E-state index in [-0.39, 0.29) is 24.2 Å². The van der Waals surface area contributed by atoms with Gasteiger partial charge in [-0.15, -0.1) is 0 Å². The summed E-state index contributed by atoms with van der Waals surface area (Å²) < 4.78 is 0. The van der Waals surface area contributed by atoms with Gasteiger partial charge in [-0.1, -0.05) is 23.7 Å². The van der Waals surface area contributed by atoms with Gasteiger partial charge in [0, 0.05) is 22.6 Å². The quantitative estimate of drug-likeness (QED) is 0.864. The molecular weight excluding hydrogens is 248 g/mol. The lowest BCUT2D eigenvalue weighted by atomic mass is 9.94. The van der Waals surface area contributed by atoms with E-state index in [1.165, 1.54) is 0 Å². The molecule has 2 unspecified atom stereocenters. The molecule has 0 heterocycles. The molecule has 2 atom stereocenters. The van der Waals surface area contributed by atoms with E-state index < -0.39 is 0 Å². The number of likely N-dealkylation sites (N-methyl/N-ethyl adjacent to an activating group) is 1. The van der Waals surface area contributed by atoms with E-state index in [9.17, 15) is 5.11 Å². The van der Waals surface area contributed by atoms with Crippen molar-refractivity contribution in [2.75, 3.05) is 13.7 Å². The highest BCUT2D eigenvalue weighted by Gasteiger charge is 2.31. The second-order valence-electron chi connectivity index (χ2n) is 5.44. The van der Waals surface area contributed by atoms with Gasteiger partial charge in [-0.2, -0.15) is 0 Å². The minimum Gasteiger partial charge on any atom is -0.394 e. The normalized spacial score (nSPS) is 15.8. The molecule has 0 spiro atoms. The molecule has 3 nitrogen and oxygen atoms in total. The first-order valence-electron chi connectivity index (χ1n) is 6.14. The number of benzene rings is 1. The van der Waals surface area contributed by atoms with Crippen LogP contribution < -0.4 is 5.73 Å². The van der Waals surface area contributed by atoms with Gasteiger partial charge in [0.15, 0.2) is 0 Å². The molecule has 0 bridgehead atoms. The maximum Gasteiger partial charge on any atom is 0.0610 e. The summed E-state index contributed by atoms with van der Waals surface area (Å²) in [6.45, 7) is 6.03. The van der Waals surface area contributed by atoms with Crippen LogP contribution in [0, 0.1) is 0 Å². The second kappa shape index (κ2) is 6.02. The molecule has 0 saturated carbocycles. The number of aliphatic hydroxyl groups is 1. The highest BCUT2D eigenvalue weighted by atomic mass is 35.5. The van der Waals surface area contributed by atoms with Crippen LogP contribution >= 0.6 is 11.6 Å². The molecule has 0 aliphatic rings. The number of nitrogens with two attached hydrogens (primary N) is 1. The summed E-state index contributed by atoms with van der Waals surface area (Å²) in [6, 6.07) is 7.68. The van der Waals surface area contributed by atoms with E-state index in [2.05, 4.69) is 4.90 Å². The molecule has 0 fully saturated rings. The third kappa shape index (κ3) is 3.45. The average molecular weight is 271 g/mol. The predicted octanol–water partition coefficient (Wildman–Crippen LogP) is 2.43. The third-order valence-corrected chi connectivity index (χ3v) is 3.68. The molecule has 4 heteroatoms. The molecule has 1 rings (SSSR count). The summed E-state index contributed by atoms with van der Waals surface area (Å²) in [4.78, 5) is 2.10. The number of halogens is 1. The van der Waals surface area contributed by atoms with Gasteiger partial charge in [-0.05, 0) is 45.5 Å². The van der Waals surface area contributed by atoms with E-state index in [1.54, 1.807) is 0 Å². The number of aliphatic hydroxyl groups excluding tert-OH is 1. The first-order valence-corrected chi connectivity index (χ1v) is 6.52. The van der Waals surface area contributed by atoms with Gasteiger partial charge in [0.2, 0.25) is 0 Å². The fourth-order valence-corrected chi connectivity index (χ4v) is 2.26. The predicted molar refractivity (Wildman–Crippen MR) is 76.8 cm³/mol. The Hall–Kier alpha value is -0.610. The van der Waals surface area contributed by atoms with E-state index in [0.717, 1.165) is 5.56 Å². The maximum absolute atomic E-state index is 9.49. The van der Waals surface area contributed by atoms with Gasteiger partial charge in [-0.25, -0.2) is 0 Å². The zero-order valence-corrected chi connectivity index (χ0v) is 12.3. The second-order valence-corrected chi connectivity index (χ2v) is 5.88. The molecule has 0 aliphatic carbocycles. The standard InChI is InChI=1S/C14H23ClN2O/c1-10(16)13(17(4)14(2,3)9-18)11-6-5-7-12(15)8-11/h5-8,10,13,18H,9,16H2,1-4H3. The van der Waals surface area contributed by atoms with E-state index >= 15 is 0 Å². The van der Waals surface area contributed by atoms with Crippen molar-refractivity contribution in [2.45, 2.75) is 38.4 Å². The minimum atomic E-state index is -0.333. The van der Waals surface area contributed by atoms with E-state index in [4.69, 9.17) is 17.3 Å². The van der Waals surface area contributed by atoms with Crippen LogP contribution in [0.15, 0.2) is 24.3 Å². The lowest BCUT2D eigenvalue weighted by Gasteiger charge is -2.42. The molecule has 0 amide bonds. The van der Waals surface area contributed by atoms with Crippen molar-refractivity contribution in [3.05, 3.63) is 34.9 Å². The van der Waals surface area contributed by atoms with Crippen molar-refractivity contribution < 1.29 is 5.11 Å². The SMILES string of the molecule is CC(N)C(c1cccc(Cl)c1)N(C)C(C)(C)CO. The first-order chi connectivity index (χ1) is 8.29. The molecule has 0 radical (unpaired) electrons. The smallest absolute Gasteiger partial charge is 0.0610 e. The fraction of sp³-hybridized carbons (Fsp3) is 0.571. The van der Waals surface area contributed by atoms with Gasteiger partial charge < -0.3 is 10.8 Å². The Morgan fingerprint density at radius 3 is 2.50 bits per heavy atom. The first kappa shape index (κ1) is 15.4. The van der Waals surface area contributed by atoms with Crippen LogP contribution in [0.2, 0.25) is 5.02 Å². The number of rotatable bonds is 5. The third-order valence-electron chi connectivity index (χ3n) is 3.45. The Kier molecular flexibility index (Phi) is 5.17. The van der Waals surface area contributed by atoms with Crippen LogP contribution in [0.25, 0.3) is 0 Å². The topological polar surface area (TPSA) is 49.5 Å². The molecule has 0 aliphatic heterocycles. The van der Waals surface area contributed by atoms with Crippen molar-refractivity contribution in [1.82, 2.24) is 4.90 Å². The lowest BCUT2D eigenvalue weighted by molar-refractivity contribution is 0.0370. The van der Waals surface area contributed by atoms with Gasteiger partial charge in [0.25, 0.3) is 0 Å². The summed E-state index contributed by atoms with van der Waals surface area (Å²) in [5.41, 5.74) is 6.84. The molecule has 18 heavy (non-hydrogen) atoms. The largest absolute Gasteiger partial charge is 0.394 e. The van der Waals surface area contributed by atoms with Crippen LogP contribution in [0.5, 0.6) is 0 Å². The number of hydrogen-bond donors (Lipinski definition) is 2. The van der Waals surface area contributed by atoms with Crippen molar-refractivity contribution in [3.8, 4) is 0 Å². The highest BCUT2D eigenvalue weighted by Crippen LogP contribution is 2.29. The molecule has 1 aromatic carbocycles. The zero-order valence-electron chi connectivity index (χ0n) is 11.5. The summed E-state index contributed by atoms with van der Waals surface area (Å²) in [5, 5.41) is 10.2. The van der Waals surface area contributed by atoms with Crippen molar-refractivity contribution in [1.29, 1.82) is 0 Å². The van der Waals surface area contributed by atoms with Gasteiger partial charge in [0.1, 0.15) is 0 Å². The van der Waals surface area contributed by atoms with Gasteiger partial charge in [-0.3, -0.25) is 4.90 Å². The lowest BCUT2D eigenvalue weighted by Crippen LogP contribution is -2.50. The Morgan fingerprint density at radius 2 is 2.06 bits per heavy atom. The molecular formula is C14H23ClN2O. The van der Waals surface area contributed by atoms with Crippen LogP contribution in [0.3, 0.4) is 0 Å². The fourth-order valence-electron chi connectivity index (χ4n) is 2.06. The number of nitrogens with zero attached hydrogens (tertiary/aromatic N) is 1. The average Bonchev–Trinajstić information content (AvgIpc) is 2.28. The molecule has 1 aromatic rings. The summed E-state index contributed by atoms with van der Waals surface area (Å²) in [5.74, 6) is 0. The van der Waals surface area contributed by atoms with Crippen LogP contribution in [-0.4, -0.2) is 35.2 Å². The Balaban J connectivity index is 3.11. The van der Waals surface area contributed by atoms with E-state index in [0.29, 0.717) is 5.02 Å². The highest BCUT2D eigenvalue weighted by molar-refractivity contribution is 6.30.